The van der Waals surface area contributed by atoms with Crippen molar-refractivity contribution in [3.05, 3.63) is 97.2 Å². The van der Waals surface area contributed by atoms with Crippen molar-refractivity contribution in [3.63, 3.8) is 0 Å². The van der Waals surface area contributed by atoms with Gasteiger partial charge >= 0.3 is 0 Å². The third-order valence-corrected chi connectivity index (χ3v) is 7.02. The van der Waals surface area contributed by atoms with Crippen molar-refractivity contribution < 1.29 is 0 Å². The highest BCUT2D eigenvalue weighted by molar-refractivity contribution is 7.23. The topological polar surface area (TPSA) is 69.9 Å². The predicted molar refractivity (Wildman–Crippen MR) is 136 cm³/mol. The third kappa shape index (κ3) is 2.79. The van der Waals surface area contributed by atoms with Gasteiger partial charge in [0.2, 0.25) is 0 Å². The molecule has 6 aromatic rings. The molecule has 154 valence electrons. The molecule has 0 aliphatic rings. The highest BCUT2D eigenvalue weighted by atomic mass is 32.1. The summed E-state index contributed by atoms with van der Waals surface area (Å²) in [5.41, 5.74) is 19.9. The molecular formula is C27H20N4S. The number of nitrogens with zero attached hydrogens (tertiary/aromatic N) is 2. The molecule has 3 heterocycles. The van der Waals surface area contributed by atoms with Crippen LogP contribution in [0.3, 0.4) is 0 Å². The van der Waals surface area contributed by atoms with Crippen molar-refractivity contribution in [2.75, 3.05) is 11.5 Å². The fourth-order valence-electron chi connectivity index (χ4n) is 4.34. The second-order valence-electron chi connectivity index (χ2n) is 7.72. The van der Waals surface area contributed by atoms with Gasteiger partial charge in [-0.2, -0.15) is 0 Å². The van der Waals surface area contributed by atoms with Crippen LogP contribution in [0.2, 0.25) is 0 Å². The van der Waals surface area contributed by atoms with Crippen LogP contribution >= 0.6 is 11.3 Å². The van der Waals surface area contributed by atoms with E-state index in [9.17, 15) is 0 Å². The van der Waals surface area contributed by atoms with E-state index in [1.54, 1.807) is 11.3 Å². The van der Waals surface area contributed by atoms with Crippen molar-refractivity contribution in [1.82, 2.24) is 9.55 Å². The lowest BCUT2D eigenvalue weighted by molar-refractivity contribution is 1.14. The van der Waals surface area contributed by atoms with Crippen molar-refractivity contribution in [2.45, 2.75) is 0 Å². The van der Waals surface area contributed by atoms with E-state index in [2.05, 4.69) is 58.1 Å². The molecule has 0 fully saturated rings. The second kappa shape index (κ2) is 7.25. The van der Waals surface area contributed by atoms with E-state index in [4.69, 9.17) is 11.5 Å². The molecule has 0 aliphatic carbocycles. The maximum absolute atomic E-state index is 6.77. The van der Waals surface area contributed by atoms with E-state index >= 15 is 0 Å². The van der Waals surface area contributed by atoms with Crippen LogP contribution in [-0.4, -0.2) is 9.55 Å². The quantitative estimate of drug-likeness (QED) is 0.325. The smallest absolute Gasteiger partial charge is 0.0894 e. The predicted octanol–water partition coefficient (Wildman–Crippen LogP) is 6.74. The number of aromatic nitrogens is 2. The Kier molecular flexibility index (Phi) is 4.23. The lowest BCUT2D eigenvalue weighted by Crippen LogP contribution is -1.99. The molecular weight excluding hydrogens is 412 g/mol. The number of pyridine rings is 1. The third-order valence-electron chi connectivity index (χ3n) is 5.83. The summed E-state index contributed by atoms with van der Waals surface area (Å²) in [5.74, 6) is 0. The lowest BCUT2D eigenvalue weighted by atomic mass is 10.1. The van der Waals surface area contributed by atoms with Crippen molar-refractivity contribution in [2.24, 2.45) is 0 Å². The molecule has 0 radical (unpaired) electrons. The molecule has 3 aromatic heterocycles. The summed E-state index contributed by atoms with van der Waals surface area (Å²) in [6.45, 7) is 0. The van der Waals surface area contributed by atoms with Crippen LogP contribution in [0.15, 0.2) is 97.2 Å². The lowest BCUT2D eigenvalue weighted by Gasteiger charge is -2.13. The van der Waals surface area contributed by atoms with E-state index in [-0.39, 0.29) is 0 Å². The van der Waals surface area contributed by atoms with E-state index in [0.29, 0.717) is 0 Å². The Morgan fingerprint density at radius 3 is 2.31 bits per heavy atom. The number of benzene rings is 3. The van der Waals surface area contributed by atoms with Gasteiger partial charge in [0.25, 0.3) is 0 Å². The van der Waals surface area contributed by atoms with Gasteiger partial charge in [0.1, 0.15) is 0 Å². The van der Waals surface area contributed by atoms with Crippen LogP contribution in [0, 0.1) is 0 Å². The van der Waals surface area contributed by atoms with Crippen LogP contribution in [0.4, 0.5) is 11.4 Å². The maximum atomic E-state index is 6.77. The molecule has 0 atom stereocenters. The zero-order valence-electron chi connectivity index (χ0n) is 17.2. The van der Waals surface area contributed by atoms with Gasteiger partial charge in [0.15, 0.2) is 0 Å². The normalized spacial score (nSPS) is 11.4. The van der Waals surface area contributed by atoms with Crippen LogP contribution in [0.5, 0.6) is 0 Å². The largest absolute Gasteiger partial charge is 0.397 e. The molecule has 4 N–H and O–H groups in total. The monoisotopic (exact) mass is 432 g/mol. The molecule has 4 nitrogen and oxygen atoms in total. The first-order valence-corrected chi connectivity index (χ1v) is 11.2. The van der Waals surface area contributed by atoms with E-state index in [1.165, 1.54) is 0 Å². The number of nitrogen functional groups attached to an aromatic ring is 2. The van der Waals surface area contributed by atoms with Gasteiger partial charge < -0.3 is 16.0 Å². The van der Waals surface area contributed by atoms with Crippen LogP contribution in [-0.2, 0) is 0 Å². The van der Waals surface area contributed by atoms with Gasteiger partial charge in [-0.3, -0.25) is 4.98 Å². The second-order valence-corrected chi connectivity index (χ2v) is 8.77. The minimum atomic E-state index is 0.738. The van der Waals surface area contributed by atoms with Crippen molar-refractivity contribution in [3.8, 4) is 27.5 Å². The first kappa shape index (κ1) is 18.7. The Labute approximate surface area is 189 Å². The SMILES string of the molecule is Nc1c(-c2c(N)c3ccccc3n2-c2cccc(-c3ccccn3)c2)sc2ccccc12. The number of rotatable bonds is 3. The molecule has 6 rings (SSSR count). The number of anilines is 2. The summed E-state index contributed by atoms with van der Waals surface area (Å²) in [6.07, 6.45) is 1.81. The number of hydrogen-bond acceptors (Lipinski definition) is 4. The minimum absolute atomic E-state index is 0.738. The molecule has 0 amide bonds. The van der Waals surface area contributed by atoms with Crippen LogP contribution in [0.1, 0.15) is 0 Å². The van der Waals surface area contributed by atoms with Crippen LogP contribution < -0.4 is 11.5 Å². The number of fused-ring (bicyclic) bond motifs is 2. The standard InChI is InChI=1S/C27H20N4S/c28-24-19-10-1-3-13-22(19)31(18-9-7-8-17(16-18)21-12-5-6-15-30-21)26(24)27-25(29)20-11-2-4-14-23(20)32-27/h1-16H,28-29H2. The van der Waals surface area contributed by atoms with E-state index in [1.807, 2.05) is 48.7 Å². The van der Waals surface area contributed by atoms with Gasteiger partial charge in [-0.25, -0.2) is 0 Å². The number of hydrogen-bond donors (Lipinski definition) is 2. The van der Waals surface area contributed by atoms with Gasteiger partial charge in [-0.1, -0.05) is 54.6 Å². The maximum Gasteiger partial charge on any atom is 0.0894 e. The Hall–Kier alpha value is -4.09. The molecule has 0 unspecified atom stereocenters. The molecule has 0 saturated heterocycles. The van der Waals surface area contributed by atoms with Gasteiger partial charge in [-0.05, 0) is 36.4 Å². The first-order valence-electron chi connectivity index (χ1n) is 10.4. The van der Waals surface area contributed by atoms with Gasteiger partial charge in [-0.15, -0.1) is 11.3 Å². The zero-order chi connectivity index (χ0) is 21.7. The number of para-hydroxylation sites is 1. The molecule has 32 heavy (non-hydrogen) atoms. The summed E-state index contributed by atoms with van der Waals surface area (Å²) in [7, 11) is 0. The average molecular weight is 433 g/mol. The Morgan fingerprint density at radius 1 is 0.719 bits per heavy atom. The fourth-order valence-corrected chi connectivity index (χ4v) is 5.51. The Bertz CT molecular complexity index is 1600. The number of thiophene rings is 1. The summed E-state index contributed by atoms with van der Waals surface area (Å²) < 4.78 is 3.37. The van der Waals surface area contributed by atoms with Crippen molar-refractivity contribution in [1.29, 1.82) is 0 Å². The average Bonchev–Trinajstić information content (AvgIpc) is 3.34. The van der Waals surface area contributed by atoms with Gasteiger partial charge in [0, 0.05) is 32.9 Å². The Morgan fingerprint density at radius 2 is 1.50 bits per heavy atom. The summed E-state index contributed by atoms with van der Waals surface area (Å²) in [5, 5.41) is 2.08. The molecule has 0 aliphatic heterocycles. The Balaban J connectivity index is 1.67. The highest BCUT2D eigenvalue weighted by Crippen LogP contribution is 2.47. The minimum Gasteiger partial charge on any atom is -0.397 e. The highest BCUT2D eigenvalue weighted by Gasteiger charge is 2.22. The van der Waals surface area contributed by atoms with Gasteiger partial charge in [0.05, 0.1) is 33.2 Å². The van der Waals surface area contributed by atoms with Crippen LogP contribution in [0.25, 0.3) is 48.5 Å². The number of nitrogens with two attached hydrogens (primary N) is 2. The molecule has 0 saturated carbocycles. The van der Waals surface area contributed by atoms with Crippen molar-refractivity contribution >= 4 is 43.7 Å². The van der Waals surface area contributed by atoms with E-state index < -0.39 is 0 Å². The zero-order valence-corrected chi connectivity index (χ0v) is 18.0. The first-order chi connectivity index (χ1) is 15.7. The van der Waals surface area contributed by atoms with E-state index in [0.717, 1.165) is 59.9 Å². The molecule has 0 bridgehead atoms. The summed E-state index contributed by atoms with van der Waals surface area (Å²) >= 11 is 1.68. The summed E-state index contributed by atoms with van der Waals surface area (Å²) in [6, 6.07) is 30.8. The fraction of sp³-hybridized carbons (Fsp3) is 0. The molecule has 3 aromatic carbocycles. The molecule has 0 spiro atoms. The summed E-state index contributed by atoms with van der Waals surface area (Å²) in [4.78, 5) is 5.51. The molecule has 5 heteroatoms.